The van der Waals surface area contributed by atoms with Gasteiger partial charge in [-0.05, 0) is 6.42 Å². The Balaban J connectivity index is -0.000000213. The molecule has 0 saturated carbocycles. The van der Waals surface area contributed by atoms with Gasteiger partial charge in [-0.2, -0.15) is 6.42 Å². The van der Waals surface area contributed by atoms with Crippen molar-refractivity contribution < 1.29 is 20.1 Å². The van der Waals surface area contributed by atoms with Crippen LogP contribution in [0.4, 0.5) is 0 Å². The van der Waals surface area contributed by atoms with Crippen molar-refractivity contribution in [2.24, 2.45) is 0 Å². The van der Waals surface area contributed by atoms with Crippen LogP contribution >= 0.6 is 0 Å². The molecule has 1 heteroatoms. The number of rotatable bonds is 0. The molecule has 0 aromatic rings. The minimum absolute atomic E-state index is 0. The number of hydrogen-bond donors (Lipinski definition) is 0. The maximum absolute atomic E-state index is 3.21. The van der Waals surface area contributed by atoms with Gasteiger partial charge in [-0.3, -0.25) is 6.08 Å². The fraction of sp³-hybridized carbons (Fsp3) is 0.400. The van der Waals surface area contributed by atoms with Crippen molar-refractivity contribution >= 4 is 0 Å². The summed E-state index contributed by atoms with van der Waals surface area (Å²) >= 11 is 0. The zero-order valence-electron chi connectivity index (χ0n) is 7.39. The van der Waals surface area contributed by atoms with E-state index in [1.54, 1.807) is 0 Å². The van der Waals surface area contributed by atoms with Crippen molar-refractivity contribution in [3.63, 3.8) is 0 Å². The Labute approximate surface area is 85.1 Å². The zero-order valence-corrected chi connectivity index (χ0v) is 9.79. The van der Waals surface area contributed by atoms with Crippen LogP contribution in [0.3, 0.4) is 0 Å². The summed E-state index contributed by atoms with van der Waals surface area (Å²) in [7, 11) is 0. The van der Waals surface area contributed by atoms with Crippen LogP contribution in [0, 0.1) is 20.9 Å². The number of allylic oxidation sites excluding steroid dienone is 4. The van der Waals surface area contributed by atoms with Crippen molar-refractivity contribution in [3.05, 3.63) is 39.2 Å². The van der Waals surface area contributed by atoms with Gasteiger partial charge in [0.15, 0.2) is 0 Å². The molecule has 0 atom stereocenters. The van der Waals surface area contributed by atoms with Crippen molar-refractivity contribution in [1.29, 1.82) is 0 Å². The molecule has 1 aliphatic rings. The maximum Gasteiger partial charge on any atom is 3.00 e. The summed E-state index contributed by atoms with van der Waals surface area (Å²) in [5.74, 6) is 0. The van der Waals surface area contributed by atoms with Crippen LogP contribution in [0.15, 0.2) is 18.2 Å². The van der Waals surface area contributed by atoms with Crippen LogP contribution in [0.25, 0.3) is 0 Å². The molecule has 0 fully saturated rings. The largest absolute Gasteiger partial charge is 3.00 e. The van der Waals surface area contributed by atoms with Crippen molar-refractivity contribution in [3.8, 4) is 0 Å². The van der Waals surface area contributed by atoms with Gasteiger partial charge < -0.3 is 20.9 Å². The third-order valence-electron chi connectivity index (χ3n) is 1.24. The molecule has 0 aliphatic heterocycles. The SMILES string of the molecule is [C-]1=CCC/C=C\CC1.[CH3-].[CH3-].[Ir+3]. The van der Waals surface area contributed by atoms with E-state index in [0.29, 0.717) is 0 Å². The number of hydrogen-bond acceptors (Lipinski definition) is 0. The minimum atomic E-state index is 0. The van der Waals surface area contributed by atoms with E-state index in [9.17, 15) is 0 Å². The maximum atomic E-state index is 3.21. The summed E-state index contributed by atoms with van der Waals surface area (Å²) in [4.78, 5) is 0. The first-order chi connectivity index (χ1) is 4.00. The predicted molar refractivity (Wildman–Crippen MR) is 48.2 cm³/mol. The summed E-state index contributed by atoms with van der Waals surface area (Å²) < 4.78 is 0. The predicted octanol–water partition coefficient (Wildman–Crippen LogP) is 3.37. The molecule has 0 aromatic carbocycles. The first-order valence-corrected chi connectivity index (χ1v) is 3.20. The standard InChI is InChI=1S/C8H11.2CH3.Ir/c1-2-4-6-8-7-5-3-1;;;/h1-2,7H,3-6H2;2*1H3;/q3*-1;+3/b2-1-;;;. The van der Waals surface area contributed by atoms with Crippen molar-refractivity contribution in [1.82, 2.24) is 0 Å². The molecule has 11 heavy (non-hydrogen) atoms. The molecule has 1 aliphatic carbocycles. The Bertz CT molecular complexity index is 77.4. The molecule has 0 unspecified atom stereocenters. The van der Waals surface area contributed by atoms with Gasteiger partial charge in [0.2, 0.25) is 0 Å². The fourth-order valence-corrected chi connectivity index (χ4v) is 0.786. The molecule has 0 saturated heterocycles. The molecule has 1 rings (SSSR count). The Hall–Kier alpha value is 0.129. The Kier molecular flexibility index (Phi) is 20.1. The van der Waals surface area contributed by atoms with E-state index >= 15 is 0 Å². The average Bonchev–Trinajstić information content (AvgIpc) is 1.62. The minimum Gasteiger partial charge on any atom is -0.500 e. The first kappa shape index (κ1) is 17.3. The summed E-state index contributed by atoms with van der Waals surface area (Å²) in [6.07, 6.45) is 14.5. The Morgan fingerprint density at radius 1 is 0.909 bits per heavy atom. The second kappa shape index (κ2) is 12.8. The summed E-state index contributed by atoms with van der Waals surface area (Å²) in [5, 5.41) is 0. The molecular weight excluding hydrogens is 312 g/mol. The average molecular weight is 329 g/mol. The van der Waals surface area contributed by atoms with Crippen LogP contribution in [0.2, 0.25) is 0 Å². The van der Waals surface area contributed by atoms with E-state index in [1.807, 2.05) is 0 Å². The molecule has 66 valence electrons. The monoisotopic (exact) mass is 330 g/mol. The normalized spacial score (nSPS) is 17.5. The van der Waals surface area contributed by atoms with Crippen LogP contribution in [0.5, 0.6) is 0 Å². The molecule has 0 heterocycles. The van der Waals surface area contributed by atoms with E-state index in [2.05, 4.69) is 24.3 Å². The van der Waals surface area contributed by atoms with Gasteiger partial charge in [-0.1, -0.05) is 25.0 Å². The van der Waals surface area contributed by atoms with Gasteiger partial charge in [-0.25, -0.2) is 0 Å². The molecule has 0 N–H and O–H groups in total. The summed E-state index contributed by atoms with van der Waals surface area (Å²) in [5.41, 5.74) is 0. The van der Waals surface area contributed by atoms with Gasteiger partial charge in [0, 0.05) is 0 Å². The van der Waals surface area contributed by atoms with Crippen LogP contribution < -0.4 is 0 Å². The fourth-order valence-electron chi connectivity index (χ4n) is 0.786. The summed E-state index contributed by atoms with van der Waals surface area (Å²) in [6, 6.07) is 0. The summed E-state index contributed by atoms with van der Waals surface area (Å²) in [6.45, 7) is 0. The van der Waals surface area contributed by atoms with E-state index < -0.39 is 0 Å². The smallest absolute Gasteiger partial charge is 0.500 e. The third kappa shape index (κ3) is 10.1. The third-order valence-corrected chi connectivity index (χ3v) is 1.24. The van der Waals surface area contributed by atoms with Crippen molar-refractivity contribution in [2.75, 3.05) is 0 Å². The molecule has 0 nitrogen and oxygen atoms in total. The molecule has 0 bridgehead atoms. The molecule has 0 radical (unpaired) electrons. The van der Waals surface area contributed by atoms with E-state index in [-0.39, 0.29) is 35.0 Å². The van der Waals surface area contributed by atoms with Crippen LogP contribution in [0.1, 0.15) is 25.7 Å². The Morgan fingerprint density at radius 2 is 1.55 bits per heavy atom. The molecule has 0 amide bonds. The van der Waals surface area contributed by atoms with Gasteiger partial charge in [-0.15, -0.1) is 0 Å². The topological polar surface area (TPSA) is 0 Å². The zero-order chi connectivity index (χ0) is 5.66. The van der Waals surface area contributed by atoms with Crippen LogP contribution in [-0.4, -0.2) is 0 Å². The molecule has 0 aromatic heterocycles. The quantitative estimate of drug-likeness (QED) is 0.472. The van der Waals surface area contributed by atoms with E-state index in [0.717, 1.165) is 6.42 Å². The molecule has 0 spiro atoms. The first-order valence-electron chi connectivity index (χ1n) is 3.20. The van der Waals surface area contributed by atoms with Crippen molar-refractivity contribution in [2.45, 2.75) is 25.7 Å². The molecular formula is C10H17Ir. The Morgan fingerprint density at radius 3 is 2.27 bits per heavy atom. The van der Waals surface area contributed by atoms with Gasteiger partial charge in [0.05, 0.1) is 0 Å². The van der Waals surface area contributed by atoms with Gasteiger partial charge in [0.25, 0.3) is 0 Å². The van der Waals surface area contributed by atoms with E-state index in [1.165, 1.54) is 19.3 Å². The second-order valence-electron chi connectivity index (χ2n) is 2.00. The van der Waals surface area contributed by atoms with E-state index in [4.69, 9.17) is 0 Å². The van der Waals surface area contributed by atoms with Crippen LogP contribution in [-0.2, 0) is 20.1 Å². The van der Waals surface area contributed by atoms with Gasteiger partial charge in [0.1, 0.15) is 0 Å². The second-order valence-corrected chi connectivity index (χ2v) is 2.00. The van der Waals surface area contributed by atoms with Gasteiger partial charge >= 0.3 is 20.1 Å².